The molecule has 0 rings (SSSR count). The monoisotopic (exact) mass is 222 g/mol. The van der Waals surface area contributed by atoms with Crippen LogP contribution in [-0.4, -0.2) is 62.3 Å². The summed E-state index contributed by atoms with van der Waals surface area (Å²) in [5, 5.41) is 0. The van der Waals surface area contributed by atoms with Crippen molar-refractivity contribution in [3.05, 3.63) is 0 Å². The van der Waals surface area contributed by atoms with Gasteiger partial charge in [0.15, 0.2) is 0 Å². The molecule has 76 valence electrons. The molecule has 0 unspecified atom stereocenters. The van der Waals surface area contributed by atoms with Gasteiger partial charge in [0.25, 0.3) is 0 Å². The van der Waals surface area contributed by atoms with Crippen LogP contribution in [-0.2, 0) is 19.3 Å². The molecule has 1 N–H and O–H groups in total. The summed E-state index contributed by atoms with van der Waals surface area (Å²) in [6.45, 7) is 2.66. The van der Waals surface area contributed by atoms with E-state index in [2.05, 4.69) is 4.18 Å². The van der Waals surface area contributed by atoms with E-state index >= 15 is 0 Å². The summed E-state index contributed by atoms with van der Waals surface area (Å²) in [4.78, 5) is 0. The molecule has 0 radical (unpaired) electrons. The van der Waals surface area contributed by atoms with Crippen molar-refractivity contribution in [2.24, 2.45) is 0 Å². The number of rotatable bonds is 7. The van der Waals surface area contributed by atoms with Crippen LogP contribution in [0.4, 0.5) is 0 Å². The van der Waals surface area contributed by atoms with Crippen molar-refractivity contribution in [2.45, 2.75) is 19.8 Å². The quantitative estimate of drug-likeness (QED) is 0.372. The number of hydrogen-bond acceptors (Lipinski definition) is 4. The Bertz CT molecular complexity index is 191. The van der Waals surface area contributed by atoms with E-state index < -0.39 is 10.4 Å². The average molecular weight is 222 g/mol. The van der Waals surface area contributed by atoms with Gasteiger partial charge in [-0.15, -0.1) is 0 Å². The Labute approximate surface area is 101 Å². The fourth-order valence-electron chi connectivity index (χ4n) is 0.547. The fraction of sp³-hybridized carbons (Fsp3) is 1.00. The van der Waals surface area contributed by atoms with Crippen LogP contribution in [0.2, 0.25) is 0 Å². The van der Waals surface area contributed by atoms with E-state index in [4.69, 9.17) is 9.29 Å². The minimum absolute atomic E-state index is 0. The Hall–Kier alpha value is 0.830. The third kappa shape index (κ3) is 15.6. The van der Waals surface area contributed by atoms with E-state index in [-0.39, 0.29) is 42.8 Å². The number of unbranched alkanes of at least 4 members (excludes halogenated alkanes) is 1. The van der Waals surface area contributed by atoms with Crippen molar-refractivity contribution >= 4 is 40.0 Å². The van der Waals surface area contributed by atoms with Crippen molar-refractivity contribution in [1.29, 1.82) is 0 Å². The summed E-state index contributed by atoms with van der Waals surface area (Å²) in [6, 6.07) is 0. The second-order valence-corrected chi connectivity index (χ2v) is 3.31. The minimum atomic E-state index is -4.30. The molecule has 0 bridgehead atoms. The second-order valence-electron chi connectivity index (χ2n) is 2.22. The SMILES string of the molecule is CCCCOCCOS(=O)(=O)O.[NaH]. The molecule has 0 aliphatic heterocycles. The van der Waals surface area contributed by atoms with Crippen molar-refractivity contribution < 1.29 is 21.9 Å². The van der Waals surface area contributed by atoms with Gasteiger partial charge in [0.2, 0.25) is 0 Å². The van der Waals surface area contributed by atoms with Crippen LogP contribution in [0.3, 0.4) is 0 Å². The van der Waals surface area contributed by atoms with Crippen molar-refractivity contribution in [1.82, 2.24) is 0 Å². The van der Waals surface area contributed by atoms with Gasteiger partial charge in [0.05, 0.1) is 13.2 Å². The zero-order valence-corrected chi connectivity index (χ0v) is 7.84. The van der Waals surface area contributed by atoms with E-state index in [1.165, 1.54) is 0 Å². The van der Waals surface area contributed by atoms with Gasteiger partial charge in [-0.2, -0.15) is 8.42 Å². The maximum absolute atomic E-state index is 10.00. The molecule has 0 aromatic rings. The molecule has 0 amide bonds. The van der Waals surface area contributed by atoms with Gasteiger partial charge in [-0.05, 0) is 6.42 Å². The van der Waals surface area contributed by atoms with Crippen LogP contribution >= 0.6 is 0 Å². The molecule has 0 fully saturated rings. The van der Waals surface area contributed by atoms with E-state index in [0.717, 1.165) is 12.8 Å². The first kappa shape index (κ1) is 16.3. The van der Waals surface area contributed by atoms with Gasteiger partial charge in [0, 0.05) is 6.61 Å². The Morgan fingerprint density at radius 1 is 1.23 bits per heavy atom. The summed E-state index contributed by atoms with van der Waals surface area (Å²) in [6.07, 6.45) is 1.96. The molecule has 0 aromatic carbocycles. The standard InChI is InChI=1S/C6H14O5S.Na.H/c1-2-3-4-10-5-6-11-12(7,8)9;;/h2-6H2,1H3,(H,7,8,9);;. The average Bonchev–Trinajstić information content (AvgIpc) is 1.94. The summed E-state index contributed by atoms with van der Waals surface area (Å²) >= 11 is 0. The van der Waals surface area contributed by atoms with Crippen molar-refractivity contribution in [3.8, 4) is 0 Å². The molecule has 0 aliphatic rings. The predicted molar refractivity (Wildman–Crippen MR) is 50.4 cm³/mol. The Morgan fingerprint density at radius 2 is 1.85 bits per heavy atom. The van der Waals surface area contributed by atoms with Gasteiger partial charge in [0.1, 0.15) is 0 Å². The maximum atomic E-state index is 10.00. The van der Waals surface area contributed by atoms with E-state index in [1.54, 1.807) is 0 Å². The molecule has 5 nitrogen and oxygen atoms in total. The van der Waals surface area contributed by atoms with Crippen LogP contribution in [0.15, 0.2) is 0 Å². The molecular weight excluding hydrogens is 207 g/mol. The molecule has 0 atom stereocenters. The molecular formula is C6H15NaO5S. The zero-order valence-electron chi connectivity index (χ0n) is 7.02. The first-order valence-corrected chi connectivity index (χ1v) is 5.12. The van der Waals surface area contributed by atoms with Gasteiger partial charge in [-0.3, -0.25) is 4.55 Å². The summed E-state index contributed by atoms with van der Waals surface area (Å²) in [5.41, 5.74) is 0. The van der Waals surface area contributed by atoms with Crippen molar-refractivity contribution in [2.75, 3.05) is 19.8 Å². The Balaban J connectivity index is 0. The third-order valence-electron chi connectivity index (χ3n) is 1.10. The van der Waals surface area contributed by atoms with Crippen LogP contribution in [0.5, 0.6) is 0 Å². The first-order chi connectivity index (χ1) is 5.56. The Kier molecular flexibility index (Phi) is 11.7. The molecule has 0 aliphatic carbocycles. The molecule has 0 saturated heterocycles. The number of ether oxygens (including phenoxy) is 1. The zero-order chi connectivity index (χ0) is 9.45. The van der Waals surface area contributed by atoms with Crippen LogP contribution in [0, 0.1) is 0 Å². The summed E-state index contributed by atoms with van der Waals surface area (Å²) < 4.78 is 37.1. The Morgan fingerprint density at radius 3 is 2.31 bits per heavy atom. The molecule has 0 aromatic heterocycles. The topological polar surface area (TPSA) is 72.8 Å². The van der Waals surface area contributed by atoms with E-state index in [0.29, 0.717) is 6.61 Å². The molecule has 0 spiro atoms. The van der Waals surface area contributed by atoms with Crippen LogP contribution < -0.4 is 0 Å². The van der Waals surface area contributed by atoms with E-state index in [1.807, 2.05) is 6.92 Å². The van der Waals surface area contributed by atoms with Gasteiger partial charge in [-0.1, -0.05) is 13.3 Å². The van der Waals surface area contributed by atoms with Gasteiger partial charge >= 0.3 is 40.0 Å². The second kappa shape index (κ2) is 9.39. The third-order valence-corrected chi connectivity index (χ3v) is 1.57. The van der Waals surface area contributed by atoms with E-state index in [9.17, 15) is 8.42 Å². The number of hydrogen-bond donors (Lipinski definition) is 1. The van der Waals surface area contributed by atoms with Crippen LogP contribution in [0.25, 0.3) is 0 Å². The van der Waals surface area contributed by atoms with Gasteiger partial charge < -0.3 is 4.74 Å². The fourth-order valence-corrected chi connectivity index (χ4v) is 0.825. The van der Waals surface area contributed by atoms with Gasteiger partial charge in [-0.25, -0.2) is 4.18 Å². The molecule has 0 saturated carbocycles. The predicted octanol–water partition coefficient (Wildman–Crippen LogP) is -0.0260. The summed E-state index contributed by atoms with van der Waals surface area (Å²) in [5.74, 6) is 0. The summed E-state index contributed by atoms with van der Waals surface area (Å²) in [7, 11) is -4.30. The molecule has 0 heterocycles. The first-order valence-electron chi connectivity index (χ1n) is 3.76. The molecule has 7 heteroatoms. The molecule has 13 heavy (non-hydrogen) atoms. The normalized spacial score (nSPS) is 10.9. The van der Waals surface area contributed by atoms with Crippen LogP contribution in [0.1, 0.15) is 19.8 Å². The van der Waals surface area contributed by atoms with Crippen molar-refractivity contribution in [3.63, 3.8) is 0 Å².